The van der Waals surface area contributed by atoms with Gasteiger partial charge in [0.25, 0.3) is 0 Å². The molecule has 1 heterocycles. The smallest absolute Gasteiger partial charge is 0.233 e. The number of ether oxygens (including phenoxy) is 1. The van der Waals surface area contributed by atoms with Crippen LogP contribution in [-0.2, 0) is 9.53 Å². The Bertz CT molecular complexity index is 226. The Morgan fingerprint density at radius 2 is 2.29 bits per heavy atom. The molecule has 4 N–H and O–H groups in total. The van der Waals surface area contributed by atoms with Crippen LogP contribution < -0.4 is 11.3 Å². The molecule has 6 nitrogen and oxygen atoms in total. The number of hydrazine groups is 1. The first-order valence-corrected chi connectivity index (χ1v) is 6.20. The molecule has 0 spiro atoms. The van der Waals surface area contributed by atoms with Crippen molar-refractivity contribution in [3.8, 4) is 0 Å². The highest BCUT2D eigenvalue weighted by atomic mass is 16.5. The number of carbonyl (C=O) groups is 1. The molecule has 0 aromatic heterocycles. The summed E-state index contributed by atoms with van der Waals surface area (Å²) in [5.74, 6) is 4.88. The van der Waals surface area contributed by atoms with E-state index in [2.05, 4.69) is 10.3 Å². The average Bonchev–Trinajstić information content (AvgIpc) is 2.38. The second kappa shape index (κ2) is 8.41. The van der Waals surface area contributed by atoms with Gasteiger partial charge in [-0.2, -0.15) is 0 Å². The summed E-state index contributed by atoms with van der Waals surface area (Å²) < 4.78 is 5.31. The minimum absolute atomic E-state index is 0.107. The SMILES string of the molecule is NNC(=O)CCCCCN1CCOCC1CO. The van der Waals surface area contributed by atoms with E-state index in [0.29, 0.717) is 13.0 Å². The Kier molecular flexibility index (Phi) is 7.11. The first-order valence-electron chi connectivity index (χ1n) is 6.20. The van der Waals surface area contributed by atoms with Gasteiger partial charge in [-0.25, -0.2) is 5.84 Å². The van der Waals surface area contributed by atoms with Crippen LogP contribution in [0.1, 0.15) is 25.7 Å². The zero-order valence-electron chi connectivity index (χ0n) is 10.2. The third-order valence-corrected chi connectivity index (χ3v) is 3.07. The molecule has 1 aliphatic rings. The van der Waals surface area contributed by atoms with Crippen molar-refractivity contribution in [1.29, 1.82) is 0 Å². The Hall–Kier alpha value is -0.690. The van der Waals surface area contributed by atoms with Gasteiger partial charge in [0, 0.05) is 13.0 Å². The van der Waals surface area contributed by atoms with Crippen LogP contribution in [0.5, 0.6) is 0 Å². The number of aliphatic hydroxyl groups is 1. The Morgan fingerprint density at radius 3 is 3.00 bits per heavy atom. The normalized spacial score (nSPS) is 21.4. The van der Waals surface area contributed by atoms with Crippen molar-refractivity contribution in [1.82, 2.24) is 10.3 Å². The summed E-state index contributed by atoms with van der Waals surface area (Å²) >= 11 is 0. The number of nitrogens with zero attached hydrogens (tertiary/aromatic N) is 1. The van der Waals surface area contributed by atoms with Gasteiger partial charge in [0.15, 0.2) is 0 Å². The fourth-order valence-corrected chi connectivity index (χ4v) is 2.00. The summed E-state index contributed by atoms with van der Waals surface area (Å²) in [5, 5.41) is 9.18. The van der Waals surface area contributed by atoms with E-state index in [-0.39, 0.29) is 18.6 Å². The first-order chi connectivity index (χ1) is 8.27. The molecule has 0 radical (unpaired) electrons. The molecule has 0 aromatic rings. The lowest BCUT2D eigenvalue weighted by Gasteiger charge is -2.34. The van der Waals surface area contributed by atoms with E-state index in [9.17, 15) is 9.90 Å². The van der Waals surface area contributed by atoms with Crippen LogP contribution in [0.25, 0.3) is 0 Å². The number of carbonyl (C=O) groups excluding carboxylic acids is 1. The quantitative estimate of drug-likeness (QED) is 0.237. The highest BCUT2D eigenvalue weighted by Gasteiger charge is 2.21. The summed E-state index contributed by atoms with van der Waals surface area (Å²) in [5.41, 5.74) is 2.12. The van der Waals surface area contributed by atoms with Gasteiger partial charge in [-0.3, -0.25) is 15.1 Å². The summed E-state index contributed by atoms with van der Waals surface area (Å²) in [7, 11) is 0. The van der Waals surface area contributed by atoms with Crippen molar-refractivity contribution in [3.63, 3.8) is 0 Å². The van der Waals surface area contributed by atoms with Crippen LogP contribution in [0.3, 0.4) is 0 Å². The summed E-state index contributed by atoms with van der Waals surface area (Å²) in [4.78, 5) is 13.1. The second-order valence-electron chi connectivity index (χ2n) is 4.33. The van der Waals surface area contributed by atoms with Crippen LogP contribution in [0.2, 0.25) is 0 Å². The molecular weight excluding hydrogens is 222 g/mol. The van der Waals surface area contributed by atoms with Gasteiger partial charge in [0.05, 0.1) is 25.9 Å². The fraction of sp³-hybridized carbons (Fsp3) is 0.909. The van der Waals surface area contributed by atoms with E-state index in [0.717, 1.165) is 39.0 Å². The van der Waals surface area contributed by atoms with E-state index in [1.165, 1.54) is 0 Å². The van der Waals surface area contributed by atoms with Gasteiger partial charge >= 0.3 is 0 Å². The molecule has 0 aromatic carbocycles. The maximum absolute atomic E-state index is 10.9. The molecule has 6 heteroatoms. The molecule has 1 rings (SSSR count). The van der Waals surface area contributed by atoms with Gasteiger partial charge < -0.3 is 9.84 Å². The number of rotatable bonds is 7. The average molecular weight is 245 g/mol. The molecular formula is C11H23N3O3. The minimum atomic E-state index is -0.107. The van der Waals surface area contributed by atoms with Gasteiger partial charge in [-0.15, -0.1) is 0 Å². The van der Waals surface area contributed by atoms with E-state index in [4.69, 9.17) is 10.6 Å². The van der Waals surface area contributed by atoms with Crippen LogP contribution in [0, 0.1) is 0 Å². The third-order valence-electron chi connectivity index (χ3n) is 3.07. The topological polar surface area (TPSA) is 87.8 Å². The number of unbranched alkanes of at least 4 members (excludes halogenated alkanes) is 2. The molecule has 0 bridgehead atoms. The lowest BCUT2D eigenvalue weighted by molar-refractivity contribution is -0.121. The zero-order valence-corrected chi connectivity index (χ0v) is 10.2. The first kappa shape index (κ1) is 14.4. The Balaban J connectivity index is 2.06. The number of amides is 1. The number of hydrogen-bond acceptors (Lipinski definition) is 5. The predicted molar refractivity (Wildman–Crippen MR) is 64.1 cm³/mol. The van der Waals surface area contributed by atoms with Crippen molar-refractivity contribution in [2.75, 3.05) is 32.9 Å². The monoisotopic (exact) mass is 245 g/mol. The molecule has 17 heavy (non-hydrogen) atoms. The maximum atomic E-state index is 10.9. The third kappa shape index (κ3) is 5.45. The summed E-state index contributed by atoms with van der Waals surface area (Å²) in [6.45, 7) is 3.35. The van der Waals surface area contributed by atoms with Crippen LogP contribution in [0.4, 0.5) is 0 Å². The Morgan fingerprint density at radius 1 is 1.47 bits per heavy atom. The highest BCUT2D eigenvalue weighted by molar-refractivity contribution is 5.74. The number of nitrogens with one attached hydrogen (secondary N) is 1. The summed E-state index contributed by atoms with van der Waals surface area (Å²) in [6, 6.07) is 0.135. The van der Waals surface area contributed by atoms with E-state index in [1.807, 2.05) is 0 Å². The molecule has 1 saturated heterocycles. The predicted octanol–water partition coefficient (Wildman–Crippen LogP) is -0.770. The number of nitrogens with two attached hydrogens (primary N) is 1. The van der Waals surface area contributed by atoms with Crippen molar-refractivity contribution in [3.05, 3.63) is 0 Å². The number of hydrogen-bond donors (Lipinski definition) is 3. The molecule has 100 valence electrons. The van der Waals surface area contributed by atoms with Gasteiger partial charge in [0.1, 0.15) is 0 Å². The largest absolute Gasteiger partial charge is 0.395 e. The molecule has 1 atom stereocenters. The van der Waals surface area contributed by atoms with Gasteiger partial charge in [-0.05, 0) is 19.4 Å². The van der Waals surface area contributed by atoms with E-state index >= 15 is 0 Å². The van der Waals surface area contributed by atoms with Crippen molar-refractivity contribution in [2.45, 2.75) is 31.7 Å². The van der Waals surface area contributed by atoms with Gasteiger partial charge in [0.2, 0.25) is 5.91 Å². The van der Waals surface area contributed by atoms with E-state index in [1.54, 1.807) is 0 Å². The zero-order chi connectivity index (χ0) is 12.5. The molecule has 0 saturated carbocycles. The molecule has 0 aliphatic carbocycles. The lowest BCUT2D eigenvalue weighted by Crippen LogP contribution is -2.47. The van der Waals surface area contributed by atoms with Crippen LogP contribution >= 0.6 is 0 Å². The highest BCUT2D eigenvalue weighted by Crippen LogP contribution is 2.09. The molecule has 1 aliphatic heterocycles. The molecule has 1 unspecified atom stereocenters. The maximum Gasteiger partial charge on any atom is 0.233 e. The molecule has 1 fully saturated rings. The van der Waals surface area contributed by atoms with E-state index < -0.39 is 0 Å². The molecule has 1 amide bonds. The fourth-order valence-electron chi connectivity index (χ4n) is 2.00. The van der Waals surface area contributed by atoms with Crippen LogP contribution in [-0.4, -0.2) is 54.9 Å². The van der Waals surface area contributed by atoms with Crippen molar-refractivity contribution < 1.29 is 14.6 Å². The Labute approximate surface area is 102 Å². The number of aliphatic hydroxyl groups excluding tert-OH is 1. The lowest BCUT2D eigenvalue weighted by atomic mass is 10.1. The second-order valence-corrected chi connectivity index (χ2v) is 4.33. The number of morpholine rings is 1. The van der Waals surface area contributed by atoms with Crippen LogP contribution in [0.15, 0.2) is 0 Å². The van der Waals surface area contributed by atoms with Gasteiger partial charge in [-0.1, -0.05) is 6.42 Å². The standard InChI is InChI=1S/C11H23N3O3/c12-13-11(16)4-2-1-3-5-14-6-7-17-9-10(14)8-15/h10,15H,1-9,12H2,(H,13,16). The van der Waals surface area contributed by atoms with Crippen molar-refractivity contribution in [2.24, 2.45) is 5.84 Å². The summed E-state index contributed by atoms with van der Waals surface area (Å²) in [6.07, 6.45) is 3.39. The van der Waals surface area contributed by atoms with Crippen molar-refractivity contribution >= 4 is 5.91 Å². The minimum Gasteiger partial charge on any atom is -0.395 e.